The highest BCUT2D eigenvalue weighted by Crippen LogP contribution is 2.27. The van der Waals surface area contributed by atoms with Gasteiger partial charge in [-0.05, 0) is 32.4 Å². The van der Waals surface area contributed by atoms with E-state index in [1.54, 1.807) is 24.0 Å². The Morgan fingerprint density at radius 3 is 2.76 bits per heavy atom. The molecule has 1 saturated heterocycles. The molecular formula is C18H25N3O3S. The van der Waals surface area contributed by atoms with Crippen LogP contribution in [0.1, 0.15) is 27.2 Å². The van der Waals surface area contributed by atoms with Crippen LogP contribution in [0.4, 0.5) is 0 Å². The number of benzene rings is 1. The van der Waals surface area contributed by atoms with Crippen molar-refractivity contribution in [3.8, 4) is 5.75 Å². The number of carbonyl (C=O) groups excluding carboxylic acids is 2. The molecule has 2 rings (SSSR count). The number of ether oxygens (including phenoxy) is 1. The molecule has 6 nitrogen and oxygen atoms in total. The maximum Gasteiger partial charge on any atom is 0.258 e. The first-order valence-corrected chi connectivity index (χ1v) is 9.20. The quantitative estimate of drug-likeness (QED) is 0.400. The fourth-order valence-electron chi connectivity index (χ4n) is 2.40. The van der Waals surface area contributed by atoms with Gasteiger partial charge in [0.25, 0.3) is 11.8 Å². The molecule has 7 heteroatoms. The fraction of sp³-hybridized carbons (Fsp3) is 0.444. The Balaban J connectivity index is 1.79. The number of nitrogens with one attached hydrogen (secondary N) is 2. The highest BCUT2D eigenvalue weighted by molar-refractivity contribution is 8.00. The first kappa shape index (κ1) is 19.3. The molecule has 25 heavy (non-hydrogen) atoms. The third kappa shape index (κ3) is 5.24. The highest BCUT2D eigenvalue weighted by Gasteiger charge is 2.49. The number of allylic oxidation sites excluding steroid dienone is 1. The molecule has 1 aliphatic rings. The van der Waals surface area contributed by atoms with Gasteiger partial charge in [-0.15, -0.1) is 0 Å². The fourth-order valence-corrected chi connectivity index (χ4v) is 3.10. The molecule has 1 aliphatic heterocycles. The summed E-state index contributed by atoms with van der Waals surface area (Å²) in [6.07, 6.45) is 1.05. The molecular weight excluding hydrogens is 338 g/mol. The van der Waals surface area contributed by atoms with Crippen molar-refractivity contribution in [1.29, 1.82) is 0 Å². The number of rotatable bonds is 9. The normalized spacial score (nSPS) is 20.2. The van der Waals surface area contributed by atoms with Crippen LogP contribution < -0.4 is 14.8 Å². The number of carbonyl (C=O) groups is 2. The zero-order chi connectivity index (χ0) is 18.3. The van der Waals surface area contributed by atoms with Crippen LogP contribution in [-0.4, -0.2) is 41.9 Å². The molecule has 0 spiro atoms. The summed E-state index contributed by atoms with van der Waals surface area (Å²) in [6, 6.07) is 9.11. The molecule has 0 radical (unpaired) electrons. The van der Waals surface area contributed by atoms with Gasteiger partial charge in [-0.1, -0.05) is 37.1 Å². The van der Waals surface area contributed by atoms with Crippen LogP contribution in [0.5, 0.6) is 5.75 Å². The minimum atomic E-state index is -0.867. The average molecular weight is 363 g/mol. The van der Waals surface area contributed by atoms with Crippen LogP contribution in [-0.2, 0) is 9.59 Å². The topological polar surface area (TPSA) is 70.7 Å². The summed E-state index contributed by atoms with van der Waals surface area (Å²) < 4.78 is 8.59. The number of nitrogens with zero attached hydrogens (tertiary/aromatic N) is 1. The van der Waals surface area contributed by atoms with E-state index in [0.717, 1.165) is 18.7 Å². The average Bonchev–Trinajstić information content (AvgIpc) is 2.62. The van der Waals surface area contributed by atoms with E-state index in [1.807, 2.05) is 30.5 Å². The second kappa shape index (κ2) is 8.92. The number of likely N-dealkylation sites (tertiary alicyclic amines) is 1. The van der Waals surface area contributed by atoms with Gasteiger partial charge in [0.1, 0.15) is 11.3 Å². The zero-order valence-electron chi connectivity index (χ0n) is 14.9. The molecule has 1 fully saturated rings. The molecule has 1 unspecified atom stereocenters. The van der Waals surface area contributed by atoms with Gasteiger partial charge in [-0.2, -0.15) is 0 Å². The summed E-state index contributed by atoms with van der Waals surface area (Å²) >= 11 is 1.47. The number of amides is 2. The first-order valence-electron chi connectivity index (χ1n) is 8.32. The van der Waals surface area contributed by atoms with E-state index in [0.29, 0.717) is 12.3 Å². The Morgan fingerprint density at radius 2 is 2.12 bits per heavy atom. The van der Waals surface area contributed by atoms with E-state index in [9.17, 15) is 9.59 Å². The molecule has 0 aliphatic carbocycles. The first-order chi connectivity index (χ1) is 12.0. The van der Waals surface area contributed by atoms with Crippen LogP contribution in [0.3, 0.4) is 0 Å². The second-order valence-corrected chi connectivity index (χ2v) is 6.90. The second-order valence-electron chi connectivity index (χ2n) is 6.14. The van der Waals surface area contributed by atoms with Crippen molar-refractivity contribution in [3.05, 3.63) is 41.4 Å². The van der Waals surface area contributed by atoms with E-state index in [1.165, 1.54) is 11.9 Å². The van der Waals surface area contributed by atoms with Crippen molar-refractivity contribution >= 4 is 23.8 Å². The van der Waals surface area contributed by atoms with E-state index >= 15 is 0 Å². The zero-order valence-corrected chi connectivity index (χ0v) is 15.7. The third-order valence-electron chi connectivity index (χ3n) is 3.81. The number of para-hydroxylation sites is 1. The van der Waals surface area contributed by atoms with Crippen molar-refractivity contribution in [2.75, 3.05) is 19.7 Å². The lowest BCUT2D eigenvalue weighted by atomic mass is 9.90. The molecule has 0 bridgehead atoms. The minimum Gasteiger partial charge on any atom is -0.484 e. The molecule has 2 amide bonds. The Labute approximate surface area is 153 Å². The molecule has 1 atom stereocenters. The molecule has 0 saturated carbocycles. The van der Waals surface area contributed by atoms with Gasteiger partial charge < -0.3 is 15.0 Å². The van der Waals surface area contributed by atoms with Crippen LogP contribution in [0.15, 0.2) is 41.4 Å². The molecule has 136 valence electrons. The van der Waals surface area contributed by atoms with Gasteiger partial charge >= 0.3 is 0 Å². The summed E-state index contributed by atoms with van der Waals surface area (Å²) in [6.45, 7) is 6.98. The number of β-lactam (4-membered cyclic amide) rings is 1. The van der Waals surface area contributed by atoms with Crippen molar-refractivity contribution in [2.24, 2.45) is 0 Å². The van der Waals surface area contributed by atoms with Gasteiger partial charge in [0.05, 0.1) is 6.54 Å². The van der Waals surface area contributed by atoms with Gasteiger partial charge in [0.2, 0.25) is 0 Å². The van der Waals surface area contributed by atoms with Crippen molar-refractivity contribution in [1.82, 2.24) is 14.9 Å². The lowest BCUT2D eigenvalue weighted by molar-refractivity contribution is -0.151. The van der Waals surface area contributed by atoms with Crippen molar-refractivity contribution in [2.45, 2.75) is 32.7 Å². The van der Waals surface area contributed by atoms with Crippen molar-refractivity contribution < 1.29 is 14.3 Å². The summed E-state index contributed by atoms with van der Waals surface area (Å²) in [4.78, 5) is 26.1. The van der Waals surface area contributed by atoms with Crippen molar-refractivity contribution in [3.63, 3.8) is 0 Å². The summed E-state index contributed by atoms with van der Waals surface area (Å²) in [5.74, 6) is 0.213. The largest absolute Gasteiger partial charge is 0.484 e. The Hall–Kier alpha value is -1.99. The Bertz CT molecular complexity index is 636. The summed E-state index contributed by atoms with van der Waals surface area (Å²) in [5, 5.41) is 4.68. The van der Waals surface area contributed by atoms with Crippen LogP contribution in [0.2, 0.25) is 0 Å². The monoisotopic (exact) mass is 363 g/mol. The molecule has 2 N–H and O–H groups in total. The van der Waals surface area contributed by atoms with Crippen LogP contribution in [0, 0.1) is 0 Å². The lowest BCUT2D eigenvalue weighted by Gasteiger charge is -2.47. The number of hydrogen-bond donors (Lipinski definition) is 2. The van der Waals surface area contributed by atoms with E-state index in [4.69, 9.17) is 4.74 Å². The van der Waals surface area contributed by atoms with Gasteiger partial charge in [0, 0.05) is 17.6 Å². The van der Waals surface area contributed by atoms with Gasteiger partial charge in [-0.3, -0.25) is 14.3 Å². The van der Waals surface area contributed by atoms with Crippen LogP contribution in [0.25, 0.3) is 0 Å². The smallest absolute Gasteiger partial charge is 0.258 e. The van der Waals surface area contributed by atoms with Gasteiger partial charge in [-0.25, -0.2) is 0 Å². The van der Waals surface area contributed by atoms with E-state index in [-0.39, 0.29) is 18.4 Å². The third-order valence-corrected chi connectivity index (χ3v) is 4.64. The molecule has 1 aromatic carbocycles. The maximum atomic E-state index is 12.4. The van der Waals surface area contributed by atoms with E-state index < -0.39 is 5.54 Å². The highest BCUT2D eigenvalue weighted by atomic mass is 32.2. The Kier molecular flexibility index (Phi) is 6.90. The molecule has 1 aromatic rings. The standard InChI is InChI=1S/C18H25N3O3S/c1-4-10-19-25-12-14(2)21-13-18(3,17(21)23)20-16(22)11-24-15-8-6-5-7-9-15/h5-9,12,19H,4,10-11,13H2,1-3H3,(H,20,22)/b14-12+. The van der Waals surface area contributed by atoms with E-state index in [2.05, 4.69) is 17.0 Å². The van der Waals surface area contributed by atoms with Crippen LogP contribution >= 0.6 is 11.9 Å². The molecule has 1 heterocycles. The van der Waals surface area contributed by atoms with Gasteiger partial charge in [0.15, 0.2) is 6.61 Å². The SMILES string of the molecule is CCCNS/C=C(\C)N1CC(C)(NC(=O)COc2ccccc2)C1=O. The summed E-state index contributed by atoms with van der Waals surface area (Å²) in [5.41, 5.74) is -0.000777. The predicted octanol–water partition coefficient (Wildman–Crippen LogP) is 2.29. The Morgan fingerprint density at radius 1 is 1.40 bits per heavy atom. The minimum absolute atomic E-state index is 0.106. The maximum absolute atomic E-state index is 12.4. The predicted molar refractivity (Wildman–Crippen MR) is 99.8 cm³/mol. The molecule has 0 aromatic heterocycles. The number of hydrogen-bond acceptors (Lipinski definition) is 5. The summed E-state index contributed by atoms with van der Waals surface area (Å²) in [7, 11) is 0. The lowest BCUT2D eigenvalue weighted by Crippen LogP contribution is -2.72.